The number of nitrogens with one attached hydrogen (secondary N) is 2. The fraction of sp³-hybridized carbons (Fsp3) is 0.636. The lowest BCUT2D eigenvalue weighted by atomic mass is 10.0. The van der Waals surface area contributed by atoms with Crippen LogP contribution in [0.3, 0.4) is 0 Å². The van der Waals surface area contributed by atoms with Gasteiger partial charge in [0.1, 0.15) is 5.82 Å². The van der Waals surface area contributed by atoms with Crippen LogP contribution in [0.15, 0.2) is 12.4 Å². The van der Waals surface area contributed by atoms with Crippen LogP contribution >= 0.6 is 0 Å². The number of hydrogen-bond acceptors (Lipinski definition) is 3. The van der Waals surface area contributed by atoms with Gasteiger partial charge in [-0.3, -0.25) is 4.79 Å². The van der Waals surface area contributed by atoms with Gasteiger partial charge in [-0.2, -0.15) is 0 Å². The lowest BCUT2D eigenvalue weighted by molar-refractivity contribution is -0.122. The van der Waals surface area contributed by atoms with Gasteiger partial charge in [0.15, 0.2) is 0 Å². The minimum absolute atomic E-state index is 0.0831. The summed E-state index contributed by atoms with van der Waals surface area (Å²) in [7, 11) is 0. The molecule has 0 fully saturated rings. The number of rotatable bonds is 6. The average Bonchev–Trinajstić information content (AvgIpc) is 2.69. The van der Waals surface area contributed by atoms with E-state index in [0.717, 1.165) is 5.82 Å². The summed E-state index contributed by atoms with van der Waals surface area (Å²) in [5, 5.41) is 2.80. The molecule has 16 heavy (non-hydrogen) atoms. The Morgan fingerprint density at radius 1 is 1.62 bits per heavy atom. The number of carbonyl (C=O) groups is 1. The fourth-order valence-corrected chi connectivity index (χ4v) is 1.48. The largest absolute Gasteiger partial charge is 0.354 e. The number of aromatic amines is 1. The van der Waals surface area contributed by atoms with Crippen molar-refractivity contribution in [1.29, 1.82) is 0 Å². The fourth-order valence-electron chi connectivity index (χ4n) is 1.48. The van der Waals surface area contributed by atoms with Crippen LogP contribution in [0.25, 0.3) is 0 Å². The molecule has 1 amide bonds. The topological polar surface area (TPSA) is 83.8 Å². The minimum Gasteiger partial charge on any atom is -0.354 e. The van der Waals surface area contributed by atoms with Gasteiger partial charge in [-0.15, -0.1) is 0 Å². The van der Waals surface area contributed by atoms with Crippen LogP contribution < -0.4 is 11.1 Å². The summed E-state index contributed by atoms with van der Waals surface area (Å²) >= 11 is 0. The molecule has 0 aliphatic rings. The van der Waals surface area contributed by atoms with Crippen LogP contribution in [0.4, 0.5) is 0 Å². The van der Waals surface area contributed by atoms with E-state index in [1.165, 1.54) is 0 Å². The van der Waals surface area contributed by atoms with Crippen molar-refractivity contribution in [2.24, 2.45) is 11.7 Å². The Bertz CT molecular complexity index is 308. The van der Waals surface area contributed by atoms with Gasteiger partial charge in [0, 0.05) is 25.4 Å². The van der Waals surface area contributed by atoms with Gasteiger partial charge in [-0.1, -0.05) is 13.8 Å². The molecule has 1 heterocycles. The Morgan fingerprint density at radius 3 is 2.94 bits per heavy atom. The van der Waals surface area contributed by atoms with E-state index in [9.17, 15) is 4.79 Å². The van der Waals surface area contributed by atoms with E-state index < -0.39 is 6.04 Å². The summed E-state index contributed by atoms with van der Waals surface area (Å²) in [4.78, 5) is 18.6. The Hall–Kier alpha value is -1.36. The van der Waals surface area contributed by atoms with Crippen molar-refractivity contribution in [2.75, 3.05) is 6.54 Å². The highest BCUT2D eigenvalue weighted by Gasteiger charge is 2.14. The first kappa shape index (κ1) is 12.7. The lowest BCUT2D eigenvalue weighted by Gasteiger charge is -2.13. The highest BCUT2D eigenvalue weighted by Crippen LogP contribution is 2.02. The van der Waals surface area contributed by atoms with E-state index in [4.69, 9.17) is 5.73 Å². The summed E-state index contributed by atoms with van der Waals surface area (Å²) in [6.45, 7) is 4.67. The van der Waals surface area contributed by atoms with Crippen LogP contribution in [-0.4, -0.2) is 28.5 Å². The maximum Gasteiger partial charge on any atom is 0.236 e. The van der Waals surface area contributed by atoms with E-state index in [1.54, 1.807) is 12.4 Å². The maximum absolute atomic E-state index is 11.5. The Balaban J connectivity index is 2.19. The molecule has 1 aromatic rings. The van der Waals surface area contributed by atoms with Gasteiger partial charge in [0.25, 0.3) is 0 Å². The monoisotopic (exact) mass is 224 g/mol. The Labute approximate surface area is 95.8 Å². The van der Waals surface area contributed by atoms with Crippen LogP contribution in [0, 0.1) is 5.92 Å². The van der Waals surface area contributed by atoms with E-state index in [-0.39, 0.29) is 5.91 Å². The highest BCUT2D eigenvalue weighted by atomic mass is 16.2. The van der Waals surface area contributed by atoms with Gasteiger partial charge < -0.3 is 16.0 Å². The predicted octanol–water partition coefficient (Wildman–Crippen LogP) is 0.442. The molecule has 1 rings (SSSR count). The van der Waals surface area contributed by atoms with Gasteiger partial charge in [0.2, 0.25) is 5.91 Å². The number of aromatic nitrogens is 2. The molecule has 0 aromatic carbocycles. The van der Waals surface area contributed by atoms with Crippen molar-refractivity contribution in [2.45, 2.75) is 32.7 Å². The van der Waals surface area contributed by atoms with E-state index in [0.29, 0.717) is 25.3 Å². The first-order chi connectivity index (χ1) is 7.59. The molecule has 90 valence electrons. The Morgan fingerprint density at radius 2 is 2.38 bits per heavy atom. The quantitative estimate of drug-likeness (QED) is 0.655. The van der Waals surface area contributed by atoms with Crippen LogP contribution in [0.5, 0.6) is 0 Å². The number of amides is 1. The number of H-pyrrole nitrogens is 1. The molecule has 4 N–H and O–H groups in total. The molecule has 0 spiro atoms. The number of imidazole rings is 1. The van der Waals surface area contributed by atoms with Crippen molar-refractivity contribution in [1.82, 2.24) is 15.3 Å². The molecule has 0 unspecified atom stereocenters. The average molecular weight is 224 g/mol. The molecular formula is C11H20N4O. The molecule has 0 bridgehead atoms. The van der Waals surface area contributed by atoms with E-state index in [1.807, 2.05) is 0 Å². The standard InChI is InChI=1S/C11H20N4O/c1-8(2)7-9(12)11(16)15-4-3-10-13-5-6-14-10/h5-6,8-9H,3-4,7,12H2,1-2H3,(H,13,14)(H,15,16)/t9-/m1/s1. The maximum atomic E-state index is 11.5. The predicted molar refractivity (Wildman–Crippen MR) is 62.7 cm³/mol. The third-order valence-corrected chi connectivity index (χ3v) is 2.28. The minimum atomic E-state index is -0.406. The van der Waals surface area contributed by atoms with Crippen molar-refractivity contribution in [3.63, 3.8) is 0 Å². The summed E-state index contributed by atoms with van der Waals surface area (Å²) < 4.78 is 0. The molecule has 5 nitrogen and oxygen atoms in total. The van der Waals surface area contributed by atoms with Crippen molar-refractivity contribution in [3.8, 4) is 0 Å². The van der Waals surface area contributed by atoms with Gasteiger partial charge >= 0.3 is 0 Å². The van der Waals surface area contributed by atoms with E-state index in [2.05, 4.69) is 29.1 Å². The first-order valence-electron chi connectivity index (χ1n) is 5.61. The Kier molecular flexibility index (Phi) is 4.98. The van der Waals surface area contributed by atoms with Crippen LogP contribution in [0.2, 0.25) is 0 Å². The molecule has 1 aromatic heterocycles. The SMILES string of the molecule is CC(C)C[C@@H](N)C(=O)NCCc1ncc[nH]1. The molecule has 0 radical (unpaired) electrons. The third kappa shape index (κ3) is 4.44. The molecular weight excluding hydrogens is 204 g/mol. The summed E-state index contributed by atoms with van der Waals surface area (Å²) in [5.74, 6) is 1.23. The van der Waals surface area contributed by atoms with Gasteiger partial charge in [0.05, 0.1) is 6.04 Å². The van der Waals surface area contributed by atoms with Crippen molar-refractivity contribution in [3.05, 3.63) is 18.2 Å². The number of nitrogens with two attached hydrogens (primary N) is 1. The number of hydrogen-bond donors (Lipinski definition) is 3. The second-order valence-electron chi connectivity index (χ2n) is 4.31. The second-order valence-corrected chi connectivity index (χ2v) is 4.31. The molecule has 1 atom stereocenters. The van der Waals surface area contributed by atoms with Crippen molar-refractivity contribution >= 4 is 5.91 Å². The normalized spacial score (nSPS) is 12.8. The smallest absolute Gasteiger partial charge is 0.236 e. The number of nitrogens with zero attached hydrogens (tertiary/aromatic N) is 1. The van der Waals surface area contributed by atoms with Crippen LogP contribution in [0.1, 0.15) is 26.1 Å². The summed E-state index contributed by atoms with van der Waals surface area (Å²) in [6.07, 6.45) is 4.88. The van der Waals surface area contributed by atoms with Gasteiger partial charge in [-0.05, 0) is 12.3 Å². The zero-order valence-electron chi connectivity index (χ0n) is 9.86. The third-order valence-electron chi connectivity index (χ3n) is 2.28. The zero-order valence-corrected chi connectivity index (χ0v) is 9.86. The molecule has 5 heteroatoms. The summed E-state index contributed by atoms with van der Waals surface area (Å²) in [5.41, 5.74) is 5.74. The zero-order chi connectivity index (χ0) is 12.0. The van der Waals surface area contributed by atoms with Crippen molar-refractivity contribution < 1.29 is 4.79 Å². The number of carbonyl (C=O) groups excluding carboxylic acids is 1. The highest BCUT2D eigenvalue weighted by molar-refractivity contribution is 5.81. The first-order valence-corrected chi connectivity index (χ1v) is 5.61. The van der Waals surface area contributed by atoms with Crippen LogP contribution in [-0.2, 0) is 11.2 Å². The lowest BCUT2D eigenvalue weighted by Crippen LogP contribution is -2.42. The van der Waals surface area contributed by atoms with E-state index >= 15 is 0 Å². The van der Waals surface area contributed by atoms with Gasteiger partial charge in [-0.25, -0.2) is 4.98 Å². The summed E-state index contributed by atoms with van der Waals surface area (Å²) in [6, 6.07) is -0.406. The molecule has 0 saturated carbocycles. The molecule has 0 saturated heterocycles. The molecule has 0 aliphatic heterocycles. The molecule has 0 aliphatic carbocycles. The second kappa shape index (κ2) is 6.27.